The zero-order chi connectivity index (χ0) is 12.7. The third kappa shape index (κ3) is 4.66. The lowest BCUT2D eigenvalue weighted by atomic mass is 10.0. The first-order valence-corrected chi connectivity index (χ1v) is 6.67. The molecule has 3 heteroatoms. The maximum atomic E-state index is 6.04. The Bertz CT molecular complexity index is 330. The first-order chi connectivity index (χ1) is 8.19. The number of ether oxygens (including phenoxy) is 1. The van der Waals surface area contributed by atoms with Crippen LogP contribution in [0.25, 0.3) is 0 Å². The topological polar surface area (TPSA) is 21.3 Å². The van der Waals surface area contributed by atoms with Crippen molar-refractivity contribution in [2.75, 3.05) is 13.2 Å². The normalized spacial score (nSPS) is 14.6. The van der Waals surface area contributed by atoms with Gasteiger partial charge in [0.05, 0.1) is 12.1 Å². The molecule has 0 aliphatic carbocycles. The number of nitrogens with one attached hydrogen (secondary N) is 1. The van der Waals surface area contributed by atoms with Crippen LogP contribution in [0, 0.1) is 0 Å². The van der Waals surface area contributed by atoms with Crippen LogP contribution in [0.2, 0.25) is 5.02 Å². The van der Waals surface area contributed by atoms with Crippen molar-refractivity contribution in [1.82, 2.24) is 5.32 Å². The van der Waals surface area contributed by atoms with Crippen molar-refractivity contribution in [1.29, 1.82) is 0 Å². The Morgan fingerprint density at radius 2 is 2.12 bits per heavy atom. The molecule has 0 amide bonds. The molecule has 0 heterocycles. The number of hydrogen-bond acceptors (Lipinski definition) is 2. The quantitative estimate of drug-likeness (QED) is 0.800. The smallest absolute Gasteiger partial charge is 0.0741 e. The maximum absolute atomic E-state index is 6.04. The zero-order valence-electron chi connectivity index (χ0n) is 10.9. The molecule has 0 aromatic heterocycles. The standard InChI is InChI=1S/C14H22ClNO/c1-4-9-16-14(11(3)17-5-2)12-7-6-8-13(15)10-12/h6-8,10-11,14,16H,4-5,9H2,1-3H3. The van der Waals surface area contributed by atoms with Gasteiger partial charge in [0.1, 0.15) is 0 Å². The van der Waals surface area contributed by atoms with E-state index < -0.39 is 0 Å². The number of benzene rings is 1. The second-order valence-corrected chi connectivity index (χ2v) is 4.58. The SMILES string of the molecule is CCCNC(c1cccc(Cl)c1)C(C)OCC. The van der Waals surface area contributed by atoms with Gasteiger partial charge in [-0.3, -0.25) is 0 Å². The predicted octanol–water partition coefficient (Wildman–Crippen LogP) is 3.81. The third-order valence-corrected chi connectivity index (χ3v) is 2.96. The second-order valence-electron chi connectivity index (χ2n) is 4.15. The zero-order valence-corrected chi connectivity index (χ0v) is 11.6. The van der Waals surface area contributed by atoms with Gasteiger partial charge in [-0.2, -0.15) is 0 Å². The molecule has 0 spiro atoms. The van der Waals surface area contributed by atoms with Crippen LogP contribution < -0.4 is 5.32 Å². The highest BCUT2D eigenvalue weighted by molar-refractivity contribution is 6.30. The highest BCUT2D eigenvalue weighted by Crippen LogP contribution is 2.22. The minimum atomic E-state index is 0.144. The molecule has 1 N–H and O–H groups in total. The Hall–Kier alpha value is -0.570. The van der Waals surface area contributed by atoms with E-state index >= 15 is 0 Å². The van der Waals surface area contributed by atoms with Crippen LogP contribution in [0.4, 0.5) is 0 Å². The molecule has 96 valence electrons. The van der Waals surface area contributed by atoms with E-state index in [9.17, 15) is 0 Å². The summed E-state index contributed by atoms with van der Waals surface area (Å²) in [6.07, 6.45) is 1.25. The number of hydrogen-bond donors (Lipinski definition) is 1. The molecule has 0 fully saturated rings. The Kier molecular flexibility index (Phi) is 6.56. The van der Waals surface area contributed by atoms with Gasteiger partial charge in [-0.05, 0) is 44.5 Å². The van der Waals surface area contributed by atoms with Crippen LogP contribution in [0.3, 0.4) is 0 Å². The van der Waals surface area contributed by atoms with E-state index in [1.54, 1.807) is 0 Å². The van der Waals surface area contributed by atoms with E-state index in [1.807, 2.05) is 25.1 Å². The molecule has 1 rings (SSSR count). The average molecular weight is 256 g/mol. The Morgan fingerprint density at radius 3 is 2.71 bits per heavy atom. The Morgan fingerprint density at radius 1 is 1.35 bits per heavy atom. The van der Waals surface area contributed by atoms with Gasteiger partial charge >= 0.3 is 0 Å². The molecule has 2 atom stereocenters. The summed E-state index contributed by atoms with van der Waals surface area (Å²) in [5, 5.41) is 4.29. The highest BCUT2D eigenvalue weighted by atomic mass is 35.5. The van der Waals surface area contributed by atoms with E-state index in [0.29, 0.717) is 0 Å². The van der Waals surface area contributed by atoms with Gasteiger partial charge in [0, 0.05) is 11.6 Å². The average Bonchev–Trinajstić information content (AvgIpc) is 2.30. The molecule has 0 aliphatic rings. The van der Waals surface area contributed by atoms with Crippen molar-refractivity contribution in [3.8, 4) is 0 Å². The van der Waals surface area contributed by atoms with Gasteiger partial charge in [0.15, 0.2) is 0 Å². The molecule has 0 saturated heterocycles. The Labute approximate surface area is 109 Å². The maximum Gasteiger partial charge on any atom is 0.0741 e. The summed E-state index contributed by atoms with van der Waals surface area (Å²) in [5.41, 5.74) is 1.19. The molecule has 2 unspecified atom stereocenters. The summed E-state index contributed by atoms with van der Waals surface area (Å²) in [4.78, 5) is 0. The molecule has 1 aromatic rings. The first-order valence-electron chi connectivity index (χ1n) is 6.29. The van der Waals surface area contributed by atoms with Crippen molar-refractivity contribution < 1.29 is 4.74 Å². The summed E-state index contributed by atoms with van der Waals surface area (Å²) in [6, 6.07) is 8.18. The molecule has 0 aliphatic heterocycles. The van der Waals surface area contributed by atoms with Crippen molar-refractivity contribution in [2.24, 2.45) is 0 Å². The van der Waals surface area contributed by atoms with Crippen LogP contribution in [-0.2, 0) is 4.74 Å². The molecular formula is C14H22ClNO. The van der Waals surface area contributed by atoms with E-state index in [2.05, 4.69) is 25.2 Å². The third-order valence-electron chi connectivity index (χ3n) is 2.72. The summed E-state index contributed by atoms with van der Waals surface area (Å²) in [7, 11) is 0. The van der Waals surface area contributed by atoms with E-state index in [4.69, 9.17) is 16.3 Å². The minimum absolute atomic E-state index is 0.144. The van der Waals surface area contributed by atoms with Gasteiger partial charge in [-0.25, -0.2) is 0 Å². The number of halogens is 1. The second kappa shape index (κ2) is 7.70. The Balaban J connectivity index is 2.81. The van der Waals surface area contributed by atoms with Gasteiger partial charge in [0.25, 0.3) is 0 Å². The lowest BCUT2D eigenvalue weighted by molar-refractivity contribution is 0.0472. The van der Waals surface area contributed by atoms with Gasteiger partial charge in [0.2, 0.25) is 0 Å². The van der Waals surface area contributed by atoms with Crippen LogP contribution >= 0.6 is 11.6 Å². The fourth-order valence-electron chi connectivity index (χ4n) is 1.91. The highest BCUT2D eigenvalue weighted by Gasteiger charge is 2.18. The lowest BCUT2D eigenvalue weighted by Gasteiger charge is -2.25. The lowest BCUT2D eigenvalue weighted by Crippen LogP contribution is -2.32. The summed E-state index contributed by atoms with van der Waals surface area (Å²) < 4.78 is 5.69. The van der Waals surface area contributed by atoms with Crippen LogP contribution in [0.15, 0.2) is 24.3 Å². The molecule has 2 nitrogen and oxygen atoms in total. The van der Waals surface area contributed by atoms with Crippen molar-refractivity contribution >= 4 is 11.6 Å². The molecular weight excluding hydrogens is 234 g/mol. The van der Waals surface area contributed by atoms with Gasteiger partial charge in [-0.15, -0.1) is 0 Å². The molecule has 0 bridgehead atoms. The minimum Gasteiger partial charge on any atom is -0.377 e. The number of rotatable bonds is 7. The van der Waals surface area contributed by atoms with Crippen molar-refractivity contribution in [3.05, 3.63) is 34.9 Å². The first kappa shape index (κ1) is 14.5. The van der Waals surface area contributed by atoms with Gasteiger partial charge in [-0.1, -0.05) is 30.7 Å². The largest absolute Gasteiger partial charge is 0.377 e. The molecule has 1 aromatic carbocycles. The fraction of sp³-hybridized carbons (Fsp3) is 0.571. The van der Waals surface area contributed by atoms with Crippen LogP contribution in [-0.4, -0.2) is 19.3 Å². The van der Waals surface area contributed by atoms with Gasteiger partial charge < -0.3 is 10.1 Å². The van der Waals surface area contributed by atoms with E-state index in [-0.39, 0.29) is 12.1 Å². The van der Waals surface area contributed by atoms with E-state index in [1.165, 1.54) is 5.56 Å². The summed E-state index contributed by atoms with van der Waals surface area (Å²) in [6.45, 7) is 7.98. The summed E-state index contributed by atoms with van der Waals surface area (Å²) >= 11 is 6.04. The molecule has 0 saturated carbocycles. The fourth-order valence-corrected chi connectivity index (χ4v) is 2.11. The van der Waals surface area contributed by atoms with Crippen molar-refractivity contribution in [3.63, 3.8) is 0 Å². The predicted molar refractivity (Wildman–Crippen MR) is 73.6 cm³/mol. The van der Waals surface area contributed by atoms with Crippen LogP contribution in [0.1, 0.15) is 38.8 Å². The molecule has 17 heavy (non-hydrogen) atoms. The van der Waals surface area contributed by atoms with Crippen LogP contribution in [0.5, 0.6) is 0 Å². The van der Waals surface area contributed by atoms with E-state index in [0.717, 1.165) is 24.6 Å². The monoisotopic (exact) mass is 255 g/mol. The van der Waals surface area contributed by atoms with Crippen molar-refractivity contribution in [2.45, 2.75) is 39.3 Å². The molecule has 0 radical (unpaired) electrons. The summed E-state index contributed by atoms with van der Waals surface area (Å²) in [5.74, 6) is 0.